The van der Waals surface area contributed by atoms with Crippen LogP contribution in [0.2, 0.25) is 0 Å². The van der Waals surface area contributed by atoms with Gasteiger partial charge in [-0.05, 0) is 168 Å². The van der Waals surface area contributed by atoms with E-state index in [2.05, 4.69) is 40.2 Å². The molecule has 11 fully saturated rings. The van der Waals surface area contributed by atoms with Gasteiger partial charge >= 0.3 is 0 Å². The zero-order valence-electron chi connectivity index (χ0n) is 33.1. The third-order valence-corrected chi connectivity index (χ3v) is 25.1. The molecule has 11 rings (SSSR count). The van der Waals surface area contributed by atoms with Gasteiger partial charge in [-0.3, -0.25) is 4.90 Å². The van der Waals surface area contributed by atoms with Gasteiger partial charge in [-0.2, -0.15) is 35.3 Å². The quantitative estimate of drug-likeness (QED) is 0.274. The van der Waals surface area contributed by atoms with E-state index in [9.17, 15) is 0 Å². The van der Waals surface area contributed by atoms with E-state index in [4.69, 9.17) is 0 Å². The molecular formula is C48H77NS3. The fourth-order valence-electron chi connectivity index (χ4n) is 17.5. The Balaban J connectivity index is 0.853. The number of nitrogens with zero attached hydrogens (tertiary/aromatic N) is 1. The van der Waals surface area contributed by atoms with Crippen LogP contribution in [-0.4, -0.2) is 54.5 Å². The first-order valence-electron chi connectivity index (χ1n) is 24.5. The van der Waals surface area contributed by atoms with Crippen molar-refractivity contribution in [1.82, 2.24) is 4.90 Å². The van der Waals surface area contributed by atoms with Gasteiger partial charge in [-0.15, -0.1) is 0 Å². The summed E-state index contributed by atoms with van der Waals surface area (Å²) >= 11 is 7.73. The van der Waals surface area contributed by atoms with Gasteiger partial charge in [0.15, 0.2) is 0 Å². The summed E-state index contributed by atoms with van der Waals surface area (Å²) < 4.78 is 0. The molecule has 16 unspecified atom stereocenters. The van der Waals surface area contributed by atoms with E-state index in [-0.39, 0.29) is 0 Å². The molecule has 0 spiro atoms. The Hall–Kier alpha value is 1.01. The van der Waals surface area contributed by atoms with Crippen molar-refractivity contribution in [2.75, 3.05) is 0 Å². The van der Waals surface area contributed by atoms with E-state index in [1.165, 1.54) is 19.3 Å². The second-order valence-corrected chi connectivity index (χ2v) is 25.9. The maximum absolute atomic E-state index is 3.50. The lowest BCUT2D eigenvalue weighted by molar-refractivity contribution is -0.0178. The second-order valence-electron chi connectivity index (χ2n) is 21.5. The van der Waals surface area contributed by atoms with Crippen LogP contribution < -0.4 is 0 Å². The maximum Gasteiger partial charge on any atom is 0.0237 e. The molecule has 4 heteroatoms. The van der Waals surface area contributed by atoms with E-state index in [0.717, 1.165) is 109 Å². The fourth-order valence-corrected chi connectivity index (χ4v) is 24.2. The van der Waals surface area contributed by atoms with Crippen LogP contribution in [0.1, 0.15) is 186 Å². The molecule has 292 valence electrons. The summed E-state index contributed by atoms with van der Waals surface area (Å²) in [6.07, 6.45) is 45.4. The Labute approximate surface area is 333 Å². The summed E-state index contributed by atoms with van der Waals surface area (Å²) in [6, 6.07) is 2.74. The van der Waals surface area contributed by atoms with Gasteiger partial charge in [0.1, 0.15) is 0 Å². The molecule has 0 radical (unpaired) electrons. The zero-order chi connectivity index (χ0) is 34.2. The van der Waals surface area contributed by atoms with Gasteiger partial charge < -0.3 is 0 Å². The zero-order valence-corrected chi connectivity index (χ0v) is 35.6. The third kappa shape index (κ3) is 6.51. The SMILES string of the molecule is C1CCC(C2CCCCC2C2CCC(N(C3CCC4SC5CCCCC5C4C3)C3CCCC4C5CCC6SC7CCCCC7C6C5SC43)CC2)CC1. The Morgan fingerprint density at radius 3 is 1.65 bits per heavy atom. The first kappa shape index (κ1) is 36.1. The Bertz CT molecular complexity index is 1210. The number of fused-ring (bicyclic) bond motifs is 10. The Morgan fingerprint density at radius 1 is 0.308 bits per heavy atom. The van der Waals surface area contributed by atoms with Crippen molar-refractivity contribution in [3.63, 3.8) is 0 Å². The molecule has 11 aliphatic rings. The predicted octanol–water partition coefficient (Wildman–Crippen LogP) is 13.4. The minimum atomic E-state index is 0.910. The van der Waals surface area contributed by atoms with Crippen LogP contribution in [0.25, 0.3) is 0 Å². The predicted molar refractivity (Wildman–Crippen MR) is 227 cm³/mol. The number of hydrogen-bond donors (Lipinski definition) is 0. The first-order chi connectivity index (χ1) is 25.8. The molecule has 1 nitrogen and oxygen atoms in total. The molecule has 0 bridgehead atoms. The topological polar surface area (TPSA) is 3.24 Å². The Kier molecular flexibility index (Phi) is 10.9. The highest BCUT2D eigenvalue weighted by molar-refractivity contribution is 8.02. The van der Waals surface area contributed by atoms with E-state index in [0.29, 0.717) is 0 Å². The smallest absolute Gasteiger partial charge is 0.0237 e. The molecule has 52 heavy (non-hydrogen) atoms. The van der Waals surface area contributed by atoms with Crippen LogP contribution in [0.5, 0.6) is 0 Å². The summed E-state index contributed by atoms with van der Waals surface area (Å²) in [4.78, 5) is 3.50. The summed E-state index contributed by atoms with van der Waals surface area (Å²) in [5.41, 5.74) is 0. The van der Waals surface area contributed by atoms with Crippen LogP contribution in [0, 0.1) is 59.2 Å². The van der Waals surface area contributed by atoms with Crippen LogP contribution in [0.3, 0.4) is 0 Å². The molecule has 0 aromatic heterocycles. The number of rotatable bonds is 5. The molecule has 3 saturated heterocycles. The van der Waals surface area contributed by atoms with Crippen molar-refractivity contribution in [2.45, 2.75) is 236 Å². The monoisotopic (exact) mass is 764 g/mol. The molecule has 0 aromatic carbocycles. The van der Waals surface area contributed by atoms with E-state index in [1.54, 1.807) is 167 Å². The van der Waals surface area contributed by atoms with Gasteiger partial charge in [0.25, 0.3) is 0 Å². The summed E-state index contributed by atoms with van der Waals surface area (Å²) in [7, 11) is 0. The highest BCUT2D eigenvalue weighted by Gasteiger charge is 2.60. The number of thioether (sulfide) groups is 3. The average molecular weight is 764 g/mol. The maximum atomic E-state index is 3.50. The van der Waals surface area contributed by atoms with Crippen LogP contribution in [-0.2, 0) is 0 Å². The normalized spacial score (nSPS) is 53.7. The van der Waals surface area contributed by atoms with Gasteiger partial charge in [0.2, 0.25) is 0 Å². The van der Waals surface area contributed by atoms with Gasteiger partial charge in [-0.1, -0.05) is 77.0 Å². The molecule has 16 atom stereocenters. The summed E-state index contributed by atoms with van der Waals surface area (Å²) in [5, 5.41) is 6.13. The van der Waals surface area contributed by atoms with Crippen LogP contribution in [0.15, 0.2) is 0 Å². The molecule has 8 aliphatic carbocycles. The van der Waals surface area contributed by atoms with Crippen LogP contribution >= 0.6 is 35.3 Å². The second kappa shape index (κ2) is 15.6. The Morgan fingerprint density at radius 2 is 0.865 bits per heavy atom. The largest absolute Gasteiger partial charge is 0.293 e. The third-order valence-electron chi connectivity index (χ3n) is 19.5. The summed E-state index contributed by atoms with van der Waals surface area (Å²) in [6.45, 7) is 0. The summed E-state index contributed by atoms with van der Waals surface area (Å²) in [5.74, 6) is 10.8. The highest BCUT2D eigenvalue weighted by atomic mass is 32.2. The lowest BCUT2D eigenvalue weighted by atomic mass is 9.61. The van der Waals surface area contributed by atoms with Gasteiger partial charge in [0.05, 0.1) is 0 Å². The molecule has 0 aromatic rings. The standard InChI is InChI=1S/C48H77NS3/c1-2-11-30(12-3-1)34-13-4-5-14-35(34)31-21-23-32(24-22-31)49(33-25-27-44-40(29-33)36-15-6-8-19-42(36)50-44)41-18-10-17-37-38-26-28-45-46(48(38)52-47(37)41)39-16-7-9-20-43(39)51-45/h30-48H,1-29H2. The van der Waals surface area contributed by atoms with Crippen molar-refractivity contribution in [1.29, 1.82) is 0 Å². The van der Waals surface area contributed by atoms with Gasteiger partial charge in [-0.25, -0.2) is 0 Å². The molecule has 3 aliphatic heterocycles. The fraction of sp³-hybridized carbons (Fsp3) is 1.00. The van der Waals surface area contributed by atoms with Crippen molar-refractivity contribution in [3.8, 4) is 0 Å². The van der Waals surface area contributed by atoms with E-state index >= 15 is 0 Å². The molecule has 8 saturated carbocycles. The molecule has 0 N–H and O–H groups in total. The molecule has 0 amide bonds. The van der Waals surface area contributed by atoms with Crippen molar-refractivity contribution >= 4 is 35.3 Å². The van der Waals surface area contributed by atoms with E-state index < -0.39 is 0 Å². The van der Waals surface area contributed by atoms with Crippen LogP contribution in [0.4, 0.5) is 0 Å². The molecular weight excluding hydrogens is 687 g/mol. The van der Waals surface area contributed by atoms with Crippen molar-refractivity contribution in [3.05, 3.63) is 0 Å². The molecule has 3 heterocycles. The minimum Gasteiger partial charge on any atom is -0.293 e. The van der Waals surface area contributed by atoms with E-state index in [1.807, 2.05) is 0 Å². The minimum absolute atomic E-state index is 0.910. The van der Waals surface area contributed by atoms with Crippen molar-refractivity contribution in [2.24, 2.45) is 59.2 Å². The highest BCUT2D eigenvalue weighted by Crippen LogP contribution is 2.65. The van der Waals surface area contributed by atoms with Gasteiger partial charge in [0, 0.05) is 49.6 Å². The first-order valence-corrected chi connectivity index (χ1v) is 27.3. The lowest BCUT2D eigenvalue weighted by Gasteiger charge is -2.53. The lowest BCUT2D eigenvalue weighted by Crippen LogP contribution is -2.58. The average Bonchev–Trinajstić information content (AvgIpc) is 3.90. The number of hydrogen-bond acceptors (Lipinski definition) is 4. The van der Waals surface area contributed by atoms with Crippen molar-refractivity contribution < 1.29 is 0 Å².